The first-order valence-corrected chi connectivity index (χ1v) is 4.85. The molecule has 1 aromatic heterocycles. The molecule has 1 aromatic carbocycles. The van der Waals surface area contributed by atoms with Gasteiger partial charge in [-0.25, -0.2) is 0 Å². The van der Waals surface area contributed by atoms with Gasteiger partial charge in [0.15, 0.2) is 5.82 Å². The summed E-state index contributed by atoms with van der Waals surface area (Å²) in [6.07, 6.45) is 0. The fourth-order valence-electron chi connectivity index (χ4n) is 1.25. The van der Waals surface area contributed by atoms with E-state index in [0.717, 1.165) is 22.7 Å². The number of anilines is 1. The Labute approximate surface area is 89.1 Å². The van der Waals surface area contributed by atoms with Crippen molar-refractivity contribution in [2.24, 2.45) is 0 Å². The lowest BCUT2D eigenvalue weighted by Crippen LogP contribution is -1.97. The van der Waals surface area contributed by atoms with Crippen LogP contribution in [-0.2, 0) is 0 Å². The van der Waals surface area contributed by atoms with Gasteiger partial charge in [0.05, 0.1) is 6.54 Å². The van der Waals surface area contributed by atoms with E-state index in [1.165, 1.54) is 0 Å². The van der Waals surface area contributed by atoms with Crippen molar-refractivity contribution in [1.82, 2.24) is 5.16 Å². The standard InChI is InChI=1S/C12H13N2O/c1-9-10(2)15-14-12(9)13-8-11-6-4-3-5-7-11/h3-8H,1-2H3,(H,13,14). The summed E-state index contributed by atoms with van der Waals surface area (Å²) in [4.78, 5) is 0. The zero-order chi connectivity index (χ0) is 10.7. The summed E-state index contributed by atoms with van der Waals surface area (Å²) in [5.74, 6) is 1.62. The molecule has 2 rings (SSSR count). The van der Waals surface area contributed by atoms with Gasteiger partial charge < -0.3 is 9.84 Å². The molecule has 0 bridgehead atoms. The molecule has 77 valence electrons. The van der Waals surface area contributed by atoms with E-state index in [0.29, 0.717) is 0 Å². The highest BCUT2D eigenvalue weighted by atomic mass is 16.5. The van der Waals surface area contributed by atoms with Crippen LogP contribution >= 0.6 is 0 Å². The molecule has 0 saturated heterocycles. The predicted octanol–water partition coefficient (Wildman–Crippen LogP) is 2.91. The van der Waals surface area contributed by atoms with Crippen molar-refractivity contribution in [3.63, 3.8) is 0 Å². The van der Waals surface area contributed by atoms with Crippen molar-refractivity contribution in [2.45, 2.75) is 13.8 Å². The van der Waals surface area contributed by atoms with Crippen molar-refractivity contribution in [3.8, 4) is 0 Å². The number of rotatable bonds is 3. The summed E-state index contributed by atoms with van der Waals surface area (Å²) in [7, 11) is 0. The van der Waals surface area contributed by atoms with E-state index >= 15 is 0 Å². The quantitative estimate of drug-likeness (QED) is 0.829. The summed E-state index contributed by atoms with van der Waals surface area (Å²) in [5.41, 5.74) is 2.15. The van der Waals surface area contributed by atoms with Crippen molar-refractivity contribution in [1.29, 1.82) is 0 Å². The molecule has 0 amide bonds. The van der Waals surface area contributed by atoms with Gasteiger partial charge in [-0.1, -0.05) is 35.5 Å². The Bertz CT molecular complexity index is 434. The summed E-state index contributed by atoms with van der Waals surface area (Å²) in [6.45, 7) is 5.79. The van der Waals surface area contributed by atoms with E-state index in [1.807, 2.05) is 50.7 Å². The molecule has 0 aliphatic rings. The van der Waals surface area contributed by atoms with E-state index in [4.69, 9.17) is 4.52 Å². The first-order chi connectivity index (χ1) is 7.27. The van der Waals surface area contributed by atoms with Crippen LogP contribution in [0.15, 0.2) is 34.9 Å². The maximum atomic E-state index is 5.05. The molecule has 3 nitrogen and oxygen atoms in total. The lowest BCUT2D eigenvalue weighted by Gasteiger charge is -2.02. The summed E-state index contributed by atoms with van der Waals surface area (Å²) in [5, 5.41) is 7.03. The van der Waals surface area contributed by atoms with Crippen molar-refractivity contribution in [2.75, 3.05) is 5.32 Å². The first-order valence-electron chi connectivity index (χ1n) is 4.85. The highest BCUT2D eigenvalue weighted by molar-refractivity contribution is 5.47. The molecule has 0 aliphatic heterocycles. The topological polar surface area (TPSA) is 38.1 Å². The molecule has 15 heavy (non-hydrogen) atoms. The number of benzene rings is 1. The van der Waals surface area contributed by atoms with Crippen molar-refractivity contribution in [3.05, 3.63) is 53.8 Å². The summed E-state index contributed by atoms with van der Waals surface area (Å²) >= 11 is 0. The average molecular weight is 201 g/mol. The molecule has 0 fully saturated rings. The molecular formula is C12H13N2O. The molecule has 1 radical (unpaired) electrons. The fourth-order valence-corrected chi connectivity index (χ4v) is 1.25. The predicted molar refractivity (Wildman–Crippen MR) is 59.4 cm³/mol. The Morgan fingerprint density at radius 3 is 2.53 bits per heavy atom. The second-order valence-electron chi connectivity index (χ2n) is 3.41. The monoisotopic (exact) mass is 201 g/mol. The van der Waals surface area contributed by atoms with Crippen LogP contribution in [0.4, 0.5) is 5.82 Å². The molecule has 1 heterocycles. The third-order valence-electron chi connectivity index (χ3n) is 2.33. The molecule has 1 N–H and O–H groups in total. The van der Waals surface area contributed by atoms with Gasteiger partial charge in [-0.05, 0) is 19.4 Å². The van der Waals surface area contributed by atoms with Crippen LogP contribution in [-0.4, -0.2) is 5.16 Å². The Morgan fingerprint density at radius 2 is 1.93 bits per heavy atom. The Balaban J connectivity index is 2.02. The van der Waals surface area contributed by atoms with Crippen LogP contribution in [0.5, 0.6) is 0 Å². The van der Waals surface area contributed by atoms with E-state index in [9.17, 15) is 0 Å². The van der Waals surface area contributed by atoms with Gasteiger partial charge in [-0.2, -0.15) is 0 Å². The maximum absolute atomic E-state index is 5.05. The van der Waals surface area contributed by atoms with Gasteiger partial charge in [0, 0.05) is 5.56 Å². The van der Waals surface area contributed by atoms with Crippen molar-refractivity contribution >= 4 is 5.82 Å². The van der Waals surface area contributed by atoms with E-state index in [-0.39, 0.29) is 0 Å². The van der Waals surface area contributed by atoms with Crippen LogP contribution in [0.2, 0.25) is 0 Å². The molecule has 2 aromatic rings. The minimum absolute atomic E-state index is 0.774. The van der Waals surface area contributed by atoms with Gasteiger partial charge in [-0.15, -0.1) is 0 Å². The van der Waals surface area contributed by atoms with E-state index in [2.05, 4.69) is 10.5 Å². The lowest BCUT2D eigenvalue weighted by atomic mass is 10.2. The first kappa shape index (κ1) is 9.77. The highest BCUT2D eigenvalue weighted by Crippen LogP contribution is 2.17. The fraction of sp³-hybridized carbons (Fsp3) is 0.167. The van der Waals surface area contributed by atoms with Gasteiger partial charge in [0.25, 0.3) is 0 Å². The number of aromatic nitrogens is 1. The molecule has 0 aliphatic carbocycles. The average Bonchev–Trinajstić information content (AvgIpc) is 2.59. The number of nitrogens with one attached hydrogen (secondary N) is 1. The summed E-state index contributed by atoms with van der Waals surface area (Å²) < 4.78 is 5.05. The lowest BCUT2D eigenvalue weighted by molar-refractivity contribution is 0.399. The maximum Gasteiger partial charge on any atom is 0.173 e. The highest BCUT2D eigenvalue weighted by Gasteiger charge is 2.06. The van der Waals surface area contributed by atoms with E-state index in [1.54, 1.807) is 0 Å². The Morgan fingerprint density at radius 1 is 1.20 bits per heavy atom. The van der Waals surface area contributed by atoms with E-state index < -0.39 is 0 Å². The molecule has 0 saturated carbocycles. The van der Waals surface area contributed by atoms with Crippen molar-refractivity contribution < 1.29 is 4.52 Å². The number of aryl methyl sites for hydroxylation is 1. The largest absolute Gasteiger partial charge is 0.359 e. The van der Waals surface area contributed by atoms with Gasteiger partial charge in [-0.3, -0.25) is 0 Å². The smallest absolute Gasteiger partial charge is 0.173 e. The molecule has 0 spiro atoms. The van der Waals surface area contributed by atoms with Crippen LogP contribution < -0.4 is 5.32 Å². The normalized spacial score (nSPS) is 10.3. The molecule has 0 unspecified atom stereocenters. The van der Waals surface area contributed by atoms with Gasteiger partial charge in [0.2, 0.25) is 0 Å². The molecular weight excluding hydrogens is 188 g/mol. The number of hydrogen-bond donors (Lipinski definition) is 1. The third kappa shape index (κ3) is 2.18. The van der Waals surface area contributed by atoms with Gasteiger partial charge >= 0.3 is 0 Å². The molecule has 3 heteroatoms. The van der Waals surface area contributed by atoms with Crippen LogP contribution in [0, 0.1) is 20.4 Å². The minimum atomic E-state index is 0.774. The number of hydrogen-bond acceptors (Lipinski definition) is 3. The second-order valence-corrected chi connectivity index (χ2v) is 3.41. The van der Waals surface area contributed by atoms with Crippen LogP contribution in [0.1, 0.15) is 16.9 Å². The zero-order valence-corrected chi connectivity index (χ0v) is 8.82. The number of nitrogens with zero attached hydrogens (tertiary/aromatic N) is 1. The Hall–Kier alpha value is -1.77. The zero-order valence-electron chi connectivity index (χ0n) is 8.82. The van der Waals surface area contributed by atoms with Crippen LogP contribution in [0.25, 0.3) is 0 Å². The van der Waals surface area contributed by atoms with Crippen LogP contribution in [0.3, 0.4) is 0 Å². The van der Waals surface area contributed by atoms with Gasteiger partial charge in [0.1, 0.15) is 5.76 Å². The second kappa shape index (κ2) is 4.17. The summed E-state index contributed by atoms with van der Waals surface area (Å²) in [6, 6.07) is 10.0. The SMILES string of the molecule is Cc1onc(N[CH]c2ccccc2)c1C. The third-order valence-corrected chi connectivity index (χ3v) is 2.33. The molecule has 0 atom stereocenters. The Kier molecular flexibility index (Phi) is 2.72. The minimum Gasteiger partial charge on any atom is -0.359 e.